The second-order valence-corrected chi connectivity index (χ2v) is 33.1. The van der Waals surface area contributed by atoms with E-state index in [9.17, 15) is 19.4 Å². The first-order valence-corrected chi connectivity index (χ1v) is 45.1. The normalized spacial score (nSPS) is 13.4. The fraction of sp³-hybridized carbons (Fsp3) is 0.965. The van der Waals surface area contributed by atoms with Gasteiger partial charge >= 0.3 is 7.82 Å². The van der Waals surface area contributed by atoms with Crippen molar-refractivity contribution in [2.75, 3.05) is 40.9 Å². The van der Waals surface area contributed by atoms with E-state index in [-0.39, 0.29) is 19.1 Å². The van der Waals surface area contributed by atoms with Gasteiger partial charge in [0.25, 0.3) is 0 Å². The minimum Gasteiger partial charge on any atom is -0.387 e. The van der Waals surface area contributed by atoms with E-state index in [0.29, 0.717) is 17.4 Å². The Morgan fingerprint density at radius 3 is 0.779 bits per heavy atom. The largest absolute Gasteiger partial charge is 0.472 e. The third-order valence-corrected chi connectivity index (χ3v) is 21.7. The minimum absolute atomic E-state index is 0.0657. The average molecular weight is 1360 g/mol. The monoisotopic (exact) mass is 1360 g/mol. The van der Waals surface area contributed by atoms with E-state index >= 15 is 0 Å². The summed E-state index contributed by atoms with van der Waals surface area (Å²) in [7, 11) is 1.60. The van der Waals surface area contributed by atoms with Crippen LogP contribution < -0.4 is 5.32 Å². The zero-order valence-corrected chi connectivity index (χ0v) is 66.4. The van der Waals surface area contributed by atoms with E-state index in [4.69, 9.17) is 9.05 Å². The first-order valence-electron chi connectivity index (χ1n) is 43.6. The highest BCUT2D eigenvalue weighted by molar-refractivity contribution is 7.47. The smallest absolute Gasteiger partial charge is 0.387 e. The van der Waals surface area contributed by atoms with Gasteiger partial charge in [-0.2, -0.15) is 0 Å². The summed E-state index contributed by atoms with van der Waals surface area (Å²) in [4.78, 5) is 23.5. The Labute approximate surface area is 596 Å². The molecule has 1 amide bonds. The van der Waals surface area contributed by atoms with Gasteiger partial charge in [0.15, 0.2) is 0 Å². The molecule has 568 valence electrons. The van der Waals surface area contributed by atoms with E-state index in [1.807, 2.05) is 27.2 Å². The summed E-state index contributed by atoms with van der Waals surface area (Å²) in [6.45, 7) is 4.91. The number of amides is 1. The quantitative estimate of drug-likeness (QED) is 0.0243. The second-order valence-electron chi connectivity index (χ2n) is 31.6. The standard InChI is InChI=1S/C86H173N2O6P/c1-6-8-10-12-14-16-18-20-22-24-26-28-30-32-34-36-38-40-41-42-43-44-45-46-47-48-50-52-54-56-58-60-62-64-66-68-70-72-74-76-78-80-86(90)87-84(83-94-95(91,92)93-82-81-88(3,4)5)85(89)79-77-75-73-71-69-67-65-63-61-59-57-55-53-51-49-39-37-35-33-31-29-27-25-23-21-19-17-15-13-11-9-7-2/h77,79,84-85,89H,6-76,78,80-83H2,1-5H3,(H-,87,90,91,92)/p+1/b79-77+. The number of allylic oxidation sites excluding steroid dienone is 1. The molecule has 3 unspecified atom stereocenters. The molecule has 0 fully saturated rings. The summed E-state index contributed by atoms with van der Waals surface area (Å²) in [5.41, 5.74) is 0. The molecule has 0 aliphatic heterocycles. The molecule has 0 aromatic heterocycles. The van der Waals surface area contributed by atoms with Crippen LogP contribution in [0.2, 0.25) is 0 Å². The number of phosphoric ester groups is 1. The van der Waals surface area contributed by atoms with Crippen LogP contribution in [0.4, 0.5) is 0 Å². The molecule has 9 heteroatoms. The lowest BCUT2D eigenvalue weighted by atomic mass is 10.0. The molecule has 0 radical (unpaired) electrons. The van der Waals surface area contributed by atoms with Gasteiger partial charge in [-0.15, -0.1) is 0 Å². The van der Waals surface area contributed by atoms with Gasteiger partial charge in [-0.1, -0.05) is 469 Å². The number of rotatable bonds is 83. The SMILES string of the molecule is CCCCCCCCCCCCCCCCCCCCCCCCCCCCCCCC/C=C/C(O)C(COP(=O)(O)OCC[N+](C)(C)C)NC(=O)CCCCCCCCCCCCCCCCCCCCCCCCCCCCCCCCCCCCCCCCCCC. The molecule has 0 spiro atoms. The Kier molecular flexibility index (Phi) is 76.8. The summed E-state index contributed by atoms with van der Waals surface area (Å²) >= 11 is 0. The number of unbranched alkanes of at least 4 members (excludes halogenated alkanes) is 70. The molecule has 0 heterocycles. The third kappa shape index (κ3) is 80.4. The minimum atomic E-state index is -4.36. The molecule has 0 bridgehead atoms. The van der Waals surface area contributed by atoms with Crippen molar-refractivity contribution in [3.05, 3.63) is 12.2 Å². The number of nitrogens with zero attached hydrogens (tertiary/aromatic N) is 1. The summed E-state index contributed by atoms with van der Waals surface area (Å²) in [6, 6.07) is -0.845. The summed E-state index contributed by atoms with van der Waals surface area (Å²) in [5.74, 6) is -0.164. The molecule has 0 saturated carbocycles. The van der Waals surface area contributed by atoms with Crippen LogP contribution >= 0.6 is 7.82 Å². The van der Waals surface area contributed by atoms with Crippen molar-refractivity contribution in [1.29, 1.82) is 0 Å². The van der Waals surface area contributed by atoms with Crippen LogP contribution in [0.3, 0.4) is 0 Å². The predicted octanol–water partition coefficient (Wildman–Crippen LogP) is 28.7. The fourth-order valence-electron chi connectivity index (χ4n) is 14.1. The molecular weight excluding hydrogens is 1190 g/mol. The summed E-state index contributed by atoms with van der Waals surface area (Å²) in [6.07, 6.45) is 103. The molecule has 3 N–H and O–H groups in total. The Bertz CT molecular complexity index is 1560. The molecule has 95 heavy (non-hydrogen) atoms. The van der Waals surface area contributed by atoms with E-state index in [1.165, 1.54) is 430 Å². The van der Waals surface area contributed by atoms with Crippen molar-refractivity contribution < 1.29 is 32.9 Å². The lowest BCUT2D eigenvalue weighted by molar-refractivity contribution is -0.870. The zero-order chi connectivity index (χ0) is 69.0. The van der Waals surface area contributed by atoms with Crippen LogP contribution in [-0.2, 0) is 18.4 Å². The summed E-state index contributed by atoms with van der Waals surface area (Å²) in [5, 5.41) is 14.1. The topological polar surface area (TPSA) is 105 Å². The second kappa shape index (κ2) is 77.4. The van der Waals surface area contributed by atoms with Crippen molar-refractivity contribution in [2.24, 2.45) is 0 Å². The average Bonchev–Trinajstić information content (AvgIpc) is 2.44. The van der Waals surface area contributed by atoms with Gasteiger partial charge in [-0.3, -0.25) is 13.8 Å². The van der Waals surface area contributed by atoms with Crippen LogP contribution in [0.25, 0.3) is 0 Å². The van der Waals surface area contributed by atoms with E-state index in [1.54, 1.807) is 6.08 Å². The van der Waals surface area contributed by atoms with Crippen molar-refractivity contribution >= 4 is 13.7 Å². The Balaban J connectivity index is 3.86. The molecule has 0 aromatic rings. The zero-order valence-electron chi connectivity index (χ0n) is 65.5. The maximum absolute atomic E-state index is 13.1. The number of aliphatic hydroxyl groups is 1. The van der Waals surface area contributed by atoms with Crippen LogP contribution in [-0.4, -0.2) is 73.4 Å². The highest BCUT2D eigenvalue weighted by Gasteiger charge is 2.28. The number of likely N-dealkylation sites (N-methyl/N-ethyl adjacent to an activating group) is 1. The molecule has 0 saturated heterocycles. The van der Waals surface area contributed by atoms with Gasteiger partial charge in [-0.25, -0.2) is 4.57 Å². The van der Waals surface area contributed by atoms with Crippen LogP contribution in [0.5, 0.6) is 0 Å². The molecular formula is C86H174N2O6P+. The van der Waals surface area contributed by atoms with Gasteiger partial charge < -0.3 is 19.8 Å². The molecule has 0 rings (SSSR count). The lowest BCUT2D eigenvalue weighted by Crippen LogP contribution is -2.45. The number of aliphatic hydroxyl groups excluding tert-OH is 1. The van der Waals surface area contributed by atoms with Crippen LogP contribution in [0.1, 0.15) is 483 Å². The van der Waals surface area contributed by atoms with Gasteiger partial charge in [-0.05, 0) is 19.3 Å². The van der Waals surface area contributed by atoms with Crippen LogP contribution in [0, 0.1) is 0 Å². The van der Waals surface area contributed by atoms with Crippen molar-refractivity contribution in [1.82, 2.24) is 5.32 Å². The third-order valence-electron chi connectivity index (χ3n) is 20.8. The van der Waals surface area contributed by atoms with Crippen molar-refractivity contribution in [2.45, 2.75) is 495 Å². The highest BCUT2D eigenvalue weighted by Crippen LogP contribution is 2.43. The number of carbonyl (C=O) groups is 1. The molecule has 0 aromatic carbocycles. The molecule has 0 aliphatic carbocycles. The number of hydrogen-bond acceptors (Lipinski definition) is 5. The van der Waals surface area contributed by atoms with Crippen molar-refractivity contribution in [3.63, 3.8) is 0 Å². The Morgan fingerprint density at radius 2 is 0.558 bits per heavy atom. The Morgan fingerprint density at radius 1 is 0.347 bits per heavy atom. The van der Waals surface area contributed by atoms with Gasteiger partial charge in [0, 0.05) is 6.42 Å². The molecule has 8 nitrogen and oxygen atoms in total. The number of hydrogen-bond donors (Lipinski definition) is 3. The van der Waals surface area contributed by atoms with Gasteiger partial charge in [0.1, 0.15) is 13.2 Å². The van der Waals surface area contributed by atoms with Gasteiger partial charge in [0.05, 0.1) is 39.9 Å². The van der Waals surface area contributed by atoms with Crippen molar-refractivity contribution in [3.8, 4) is 0 Å². The maximum Gasteiger partial charge on any atom is 0.472 e. The molecule has 0 aliphatic rings. The van der Waals surface area contributed by atoms with Crippen LogP contribution in [0.15, 0.2) is 12.2 Å². The highest BCUT2D eigenvalue weighted by atomic mass is 31.2. The maximum atomic E-state index is 13.1. The first kappa shape index (κ1) is 94.2. The fourth-order valence-corrected chi connectivity index (χ4v) is 14.8. The Hall–Kier alpha value is -0.760. The number of carbonyl (C=O) groups excluding carboxylic acids is 1. The number of nitrogens with one attached hydrogen (secondary N) is 1. The van der Waals surface area contributed by atoms with E-state index < -0.39 is 20.0 Å². The van der Waals surface area contributed by atoms with Gasteiger partial charge in [0.2, 0.25) is 5.91 Å². The van der Waals surface area contributed by atoms with E-state index in [0.717, 1.165) is 32.1 Å². The number of quaternary nitrogens is 1. The first-order chi connectivity index (χ1) is 46.5. The molecule has 3 atom stereocenters. The lowest BCUT2D eigenvalue weighted by Gasteiger charge is -2.25. The number of phosphoric acid groups is 1. The summed E-state index contributed by atoms with van der Waals surface area (Å²) < 4.78 is 23.9. The predicted molar refractivity (Wildman–Crippen MR) is 420 cm³/mol. The van der Waals surface area contributed by atoms with E-state index in [2.05, 4.69) is 19.2 Å².